The predicted octanol–water partition coefficient (Wildman–Crippen LogP) is 3.06. The summed E-state index contributed by atoms with van der Waals surface area (Å²) >= 11 is 0. The van der Waals surface area contributed by atoms with Crippen molar-refractivity contribution in [2.24, 2.45) is 5.73 Å². The van der Waals surface area contributed by atoms with Gasteiger partial charge in [-0.05, 0) is 30.9 Å². The maximum absolute atomic E-state index is 12.1. The van der Waals surface area contributed by atoms with Crippen molar-refractivity contribution < 1.29 is 4.79 Å². The van der Waals surface area contributed by atoms with Crippen molar-refractivity contribution >= 4 is 5.91 Å². The van der Waals surface area contributed by atoms with Gasteiger partial charge in [0.05, 0.1) is 5.57 Å². The quantitative estimate of drug-likeness (QED) is 0.617. The third kappa shape index (κ3) is 4.92. The molecule has 1 rings (SSSR count). The van der Waals surface area contributed by atoms with E-state index in [2.05, 4.69) is 24.4 Å². The van der Waals surface area contributed by atoms with Crippen LogP contribution in [0.2, 0.25) is 0 Å². The van der Waals surface area contributed by atoms with Crippen molar-refractivity contribution in [2.45, 2.75) is 40.2 Å². The lowest BCUT2D eigenvalue weighted by Gasteiger charge is -2.08. The molecule has 3 N–H and O–H groups in total. The van der Waals surface area contributed by atoms with E-state index in [0.717, 1.165) is 18.4 Å². The van der Waals surface area contributed by atoms with E-state index in [0.29, 0.717) is 17.8 Å². The van der Waals surface area contributed by atoms with Crippen molar-refractivity contribution in [1.82, 2.24) is 5.32 Å². The van der Waals surface area contributed by atoms with Gasteiger partial charge in [0.1, 0.15) is 0 Å². The van der Waals surface area contributed by atoms with E-state index in [9.17, 15) is 4.79 Å². The molecule has 0 unspecified atom stereocenters. The summed E-state index contributed by atoms with van der Waals surface area (Å²) in [5, 5.41) is 2.91. The van der Waals surface area contributed by atoms with Gasteiger partial charge in [0.15, 0.2) is 0 Å². The number of amides is 1. The van der Waals surface area contributed by atoms with Gasteiger partial charge in [-0.25, -0.2) is 0 Å². The number of benzene rings is 1. The minimum absolute atomic E-state index is 0.128. The number of allylic oxidation sites excluding steroid dienone is 2. The lowest BCUT2D eigenvalue weighted by molar-refractivity contribution is -0.117. The van der Waals surface area contributed by atoms with Gasteiger partial charge in [-0.2, -0.15) is 0 Å². The van der Waals surface area contributed by atoms with E-state index in [1.165, 1.54) is 5.56 Å². The first-order valence-electron chi connectivity index (χ1n) is 7.07. The summed E-state index contributed by atoms with van der Waals surface area (Å²) in [5.74, 6) is -0.128. The van der Waals surface area contributed by atoms with Crippen LogP contribution in [0.25, 0.3) is 0 Å². The van der Waals surface area contributed by atoms with Crippen LogP contribution in [-0.4, -0.2) is 5.91 Å². The highest BCUT2D eigenvalue weighted by atomic mass is 16.1. The highest BCUT2D eigenvalue weighted by molar-refractivity contribution is 5.96. The summed E-state index contributed by atoms with van der Waals surface area (Å²) in [6.07, 6.45) is 5.59. The van der Waals surface area contributed by atoms with Gasteiger partial charge in [0.25, 0.3) is 5.91 Å². The van der Waals surface area contributed by atoms with Crippen molar-refractivity contribution in [1.29, 1.82) is 0 Å². The highest BCUT2D eigenvalue weighted by Gasteiger charge is 2.08. The number of rotatable bonds is 6. The summed E-state index contributed by atoms with van der Waals surface area (Å²) in [5.41, 5.74) is 9.21. The van der Waals surface area contributed by atoms with E-state index in [4.69, 9.17) is 5.73 Å². The third-order valence-corrected chi connectivity index (χ3v) is 3.04. The summed E-state index contributed by atoms with van der Waals surface area (Å²) in [4.78, 5) is 12.1. The Morgan fingerprint density at radius 2 is 2.00 bits per heavy atom. The predicted molar refractivity (Wildman–Crippen MR) is 84.0 cm³/mol. The number of aryl methyl sites for hydroxylation is 1. The number of hydrogen-bond acceptors (Lipinski definition) is 2. The molecule has 0 bridgehead atoms. The molecule has 3 nitrogen and oxygen atoms in total. The van der Waals surface area contributed by atoms with E-state index >= 15 is 0 Å². The summed E-state index contributed by atoms with van der Waals surface area (Å²) in [6.45, 7) is 6.40. The Kier molecular flexibility index (Phi) is 6.57. The van der Waals surface area contributed by atoms with E-state index < -0.39 is 0 Å². The van der Waals surface area contributed by atoms with Crippen LogP contribution in [0.5, 0.6) is 0 Å². The normalized spacial score (nSPS) is 12.3. The minimum Gasteiger partial charge on any atom is -0.402 e. The minimum atomic E-state index is -0.128. The SMILES string of the molecule is CC/C=C\C(C(=O)NCc1cccc(CC)c1)=C(/C)N. The summed E-state index contributed by atoms with van der Waals surface area (Å²) in [6, 6.07) is 8.23. The molecule has 0 saturated heterocycles. The Hall–Kier alpha value is -2.03. The van der Waals surface area contributed by atoms with Crippen molar-refractivity contribution in [2.75, 3.05) is 0 Å². The molecule has 0 saturated carbocycles. The summed E-state index contributed by atoms with van der Waals surface area (Å²) in [7, 11) is 0. The van der Waals surface area contributed by atoms with E-state index in [1.807, 2.05) is 25.1 Å². The molecule has 1 aromatic carbocycles. The average Bonchev–Trinajstić information content (AvgIpc) is 2.45. The van der Waals surface area contributed by atoms with Crippen LogP contribution >= 0.6 is 0 Å². The molecule has 0 spiro atoms. The number of carbonyl (C=O) groups excluding carboxylic acids is 1. The van der Waals surface area contributed by atoms with Crippen molar-refractivity contribution in [3.8, 4) is 0 Å². The van der Waals surface area contributed by atoms with Crippen LogP contribution in [0.4, 0.5) is 0 Å². The Balaban J connectivity index is 2.70. The van der Waals surface area contributed by atoms with Gasteiger partial charge >= 0.3 is 0 Å². The number of nitrogens with two attached hydrogens (primary N) is 1. The lowest BCUT2D eigenvalue weighted by Crippen LogP contribution is -2.25. The fraction of sp³-hybridized carbons (Fsp3) is 0.353. The zero-order valence-corrected chi connectivity index (χ0v) is 12.6. The van der Waals surface area contributed by atoms with Gasteiger partial charge in [-0.3, -0.25) is 4.79 Å². The second-order valence-electron chi connectivity index (χ2n) is 4.76. The maximum Gasteiger partial charge on any atom is 0.253 e. The van der Waals surface area contributed by atoms with Crippen LogP contribution in [-0.2, 0) is 17.8 Å². The molecule has 108 valence electrons. The first-order chi connectivity index (χ1) is 9.58. The highest BCUT2D eigenvalue weighted by Crippen LogP contribution is 2.07. The first kappa shape index (κ1) is 16.0. The molecule has 3 heteroatoms. The second kappa shape index (κ2) is 8.20. The van der Waals surface area contributed by atoms with Gasteiger partial charge < -0.3 is 11.1 Å². The Morgan fingerprint density at radius 3 is 2.60 bits per heavy atom. The van der Waals surface area contributed by atoms with Gasteiger partial charge in [-0.1, -0.05) is 50.3 Å². The molecule has 1 amide bonds. The van der Waals surface area contributed by atoms with Crippen LogP contribution in [0, 0.1) is 0 Å². The fourth-order valence-electron chi connectivity index (χ4n) is 1.86. The molecule has 0 aliphatic carbocycles. The first-order valence-corrected chi connectivity index (χ1v) is 7.07. The zero-order chi connectivity index (χ0) is 15.0. The summed E-state index contributed by atoms with van der Waals surface area (Å²) < 4.78 is 0. The van der Waals surface area contributed by atoms with Crippen molar-refractivity contribution in [3.05, 3.63) is 58.8 Å². The van der Waals surface area contributed by atoms with Gasteiger partial charge in [0.2, 0.25) is 0 Å². The van der Waals surface area contributed by atoms with Crippen LogP contribution in [0.3, 0.4) is 0 Å². The largest absolute Gasteiger partial charge is 0.402 e. The zero-order valence-electron chi connectivity index (χ0n) is 12.6. The number of carbonyl (C=O) groups is 1. The topological polar surface area (TPSA) is 55.1 Å². The molecule has 0 fully saturated rings. The van der Waals surface area contributed by atoms with Crippen molar-refractivity contribution in [3.63, 3.8) is 0 Å². The number of nitrogens with one attached hydrogen (secondary N) is 1. The third-order valence-electron chi connectivity index (χ3n) is 3.04. The molecule has 0 radical (unpaired) electrons. The Bertz CT molecular complexity index is 511. The second-order valence-corrected chi connectivity index (χ2v) is 4.76. The average molecular weight is 272 g/mol. The van der Waals surface area contributed by atoms with Gasteiger partial charge in [0, 0.05) is 12.2 Å². The molecular weight excluding hydrogens is 248 g/mol. The molecule has 0 aliphatic rings. The lowest BCUT2D eigenvalue weighted by atomic mass is 10.1. The Morgan fingerprint density at radius 1 is 1.30 bits per heavy atom. The molecule has 1 aromatic rings. The Labute approximate surface area is 121 Å². The van der Waals surface area contributed by atoms with Crippen LogP contribution in [0.1, 0.15) is 38.3 Å². The van der Waals surface area contributed by atoms with Crippen LogP contribution in [0.15, 0.2) is 47.7 Å². The molecular formula is C17H24N2O. The maximum atomic E-state index is 12.1. The molecule has 20 heavy (non-hydrogen) atoms. The smallest absolute Gasteiger partial charge is 0.253 e. The monoisotopic (exact) mass is 272 g/mol. The molecule has 0 aromatic heterocycles. The fourth-order valence-corrected chi connectivity index (χ4v) is 1.86. The van der Waals surface area contributed by atoms with Gasteiger partial charge in [-0.15, -0.1) is 0 Å². The van der Waals surface area contributed by atoms with E-state index in [-0.39, 0.29) is 5.91 Å². The molecule has 0 heterocycles. The number of hydrogen-bond donors (Lipinski definition) is 2. The standard InChI is InChI=1S/C17H24N2O/c1-4-6-10-16(13(3)18)17(20)19-12-15-9-7-8-14(5-2)11-15/h6-11H,4-5,12,18H2,1-3H3,(H,19,20)/b10-6-,16-13-. The van der Waals surface area contributed by atoms with Crippen LogP contribution < -0.4 is 11.1 Å². The molecule has 0 atom stereocenters. The molecule has 0 aliphatic heterocycles. The van der Waals surface area contributed by atoms with E-state index in [1.54, 1.807) is 13.0 Å².